The number of ether oxygens (including phenoxy) is 1. The molecule has 6 nitrogen and oxygen atoms in total. The number of nitrogens with zero attached hydrogens (tertiary/aromatic N) is 2. The monoisotopic (exact) mass is 316 g/mol. The number of carbonyl (C=O) groups excluding carboxylic acids is 1. The predicted molar refractivity (Wildman–Crippen MR) is 83.0 cm³/mol. The summed E-state index contributed by atoms with van der Waals surface area (Å²) in [6.45, 7) is 1.23. The molecule has 7 heteroatoms. The van der Waals surface area contributed by atoms with Gasteiger partial charge in [-0.05, 0) is 43.2 Å². The van der Waals surface area contributed by atoms with E-state index in [0.717, 1.165) is 19.4 Å². The van der Waals surface area contributed by atoms with Crippen molar-refractivity contribution in [2.24, 2.45) is 0 Å². The van der Waals surface area contributed by atoms with Gasteiger partial charge in [-0.2, -0.15) is 0 Å². The topological polar surface area (TPSA) is 76.1 Å². The van der Waals surface area contributed by atoms with Gasteiger partial charge in [0.2, 0.25) is 5.95 Å². The molecule has 0 radical (unpaired) electrons. The Bertz CT molecular complexity index is 672. The van der Waals surface area contributed by atoms with Crippen LogP contribution >= 0.6 is 0 Å². The average molecular weight is 316 g/mol. The number of carbonyl (C=O) groups is 1. The third-order valence-electron chi connectivity index (χ3n) is 3.50. The fourth-order valence-corrected chi connectivity index (χ4v) is 2.31. The summed E-state index contributed by atoms with van der Waals surface area (Å²) >= 11 is 0. The lowest BCUT2D eigenvalue weighted by Crippen LogP contribution is -2.32. The minimum absolute atomic E-state index is 0.0811. The fraction of sp³-hybridized carbons (Fsp3) is 0.312. The molecule has 3 rings (SSSR count). The Hall–Kier alpha value is -2.54. The van der Waals surface area contributed by atoms with E-state index in [1.54, 1.807) is 18.2 Å². The van der Waals surface area contributed by atoms with Gasteiger partial charge in [-0.1, -0.05) is 0 Å². The van der Waals surface area contributed by atoms with Gasteiger partial charge in [0.1, 0.15) is 11.5 Å². The van der Waals surface area contributed by atoms with Crippen molar-refractivity contribution in [1.82, 2.24) is 15.3 Å². The summed E-state index contributed by atoms with van der Waals surface area (Å²) in [5.74, 6) is -0.315. The fourth-order valence-electron chi connectivity index (χ4n) is 2.31. The van der Waals surface area contributed by atoms with Crippen LogP contribution in [0.2, 0.25) is 0 Å². The molecule has 0 spiro atoms. The molecule has 0 aliphatic carbocycles. The summed E-state index contributed by atoms with van der Waals surface area (Å²) in [4.78, 5) is 20.3. The highest BCUT2D eigenvalue weighted by Gasteiger charge is 2.17. The largest absolute Gasteiger partial charge is 0.376 e. The Morgan fingerprint density at radius 1 is 1.30 bits per heavy atom. The highest BCUT2D eigenvalue weighted by Crippen LogP contribution is 2.14. The van der Waals surface area contributed by atoms with Gasteiger partial charge in [-0.25, -0.2) is 14.4 Å². The van der Waals surface area contributed by atoms with Crippen molar-refractivity contribution in [3.63, 3.8) is 0 Å². The van der Waals surface area contributed by atoms with Crippen molar-refractivity contribution in [3.8, 4) is 0 Å². The molecule has 1 saturated heterocycles. The van der Waals surface area contributed by atoms with Crippen LogP contribution in [-0.2, 0) is 4.74 Å². The van der Waals surface area contributed by atoms with Crippen LogP contribution in [0.4, 0.5) is 16.0 Å². The number of aromatic nitrogens is 2. The van der Waals surface area contributed by atoms with Gasteiger partial charge in [0, 0.05) is 25.0 Å². The molecule has 2 aromatic rings. The molecule has 1 aliphatic heterocycles. The summed E-state index contributed by atoms with van der Waals surface area (Å²) in [5.41, 5.74) is 0.908. The third kappa shape index (κ3) is 4.23. The zero-order valence-electron chi connectivity index (χ0n) is 12.5. The zero-order chi connectivity index (χ0) is 16.1. The molecule has 0 saturated carbocycles. The summed E-state index contributed by atoms with van der Waals surface area (Å²) in [5, 5.41) is 5.74. The second kappa shape index (κ2) is 7.15. The molecular formula is C16H17FN4O2. The third-order valence-corrected chi connectivity index (χ3v) is 3.50. The lowest BCUT2D eigenvalue weighted by atomic mass is 10.2. The first-order valence-corrected chi connectivity index (χ1v) is 7.46. The maximum atomic E-state index is 12.9. The average Bonchev–Trinajstić information content (AvgIpc) is 3.08. The maximum Gasteiger partial charge on any atom is 0.270 e. The Labute approximate surface area is 133 Å². The van der Waals surface area contributed by atoms with Crippen molar-refractivity contribution in [1.29, 1.82) is 0 Å². The Morgan fingerprint density at radius 3 is 2.87 bits per heavy atom. The van der Waals surface area contributed by atoms with Crippen LogP contribution in [0.3, 0.4) is 0 Å². The molecule has 1 aromatic carbocycles. The first-order valence-electron chi connectivity index (χ1n) is 7.46. The zero-order valence-corrected chi connectivity index (χ0v) is 12.5. The number of benzene rings is 1. The summed E-state index contributed by atoms with van der Waals surface area (Å²) in [7, 11) is 0. The van der Waals surface area contributed by atoms with Gasteiger partial charge in [-0.15, -0.1) is 0 Å². The van der Waals surface area contributed by atoms with Gasteiger partial charge in [-0.3, -0.25) is 4.79 Å². The quantitative estimate of drug-likeness (QED) is 0.885. The molecule has 1 atom stereocenters. The predicted octanol–water partition coefficient (Wildman–Crippen LogP) is 2.27. The van der Waals surface area contributed by atoms with E-state index >= 15 is 0 Å². The number of amides is 1. The van der Waals surface area contributed by atoms with Crippen LogP contribution in [0.25, 0.3) is 0 Å². The number of hydrogen-bond donors (Lipinski definition) is 2. The number of nitrogens with one attached hydrogen (secondary N) is 2. The molecule has 1 unspecified atom stereocenters. The van der Waals surface area contributed by atoms with E-state index in [4.69, 9.17) is 4.74 Å². The Kier molecular flexibility index (Phi) is 4.77. The van der Waals surface area contributed by atoms with Crippen molar-refractivity contribution in [2.75, 3.05) is 18.5 Å². The Morgan fingerprint density at radius 2 is 2.13 bits per heavy atom. The first-order chi connectivity index (χ1) is 11.2. The van der Waals surface area contributed by atoms with Crippen LogP contribution in [-0.4, -0.2) is 35.1 Å². The molecule has 120 valence electrons. The van der Waals surface area contributed by atoms with Gasteiger partial charge in [0.25, 0.3) is 5.91 Å². The Balaban J connectivity index is 1.61. The normalized spacial score (nSPS) is 17.0. The lowest BCUT2D eigenvalue weighted by Gasteiger charge is -2.11. The molecule has 23 heavy (non-hydrogen) atoms. The minimum Gasteiger partial charge on any atom is -0.376 e. The standard InChI is InChI=1S/C16H17FN4O2/c17-11-3-5-12(6-4-11)20-16-18-8-7-14(21-16)15(22)19-10-13-2-1-9-23-13/h3-8,13H,1-2,9-10H2,(H,19,22)(H,18,20,21). The molecule has 2 N–H and O–H groups in total. The van der Waals surface area contributed by atoms with Crippen LogP contribution in [0.1, 0.15) is 23.3 Å². The number of halogens is 1. The van der Waals surface area contributed by atoms with E-state index in [0.29, 0.717) is 12.2 Å². The smallest absolute Gasteiger partial charge is 0.270 e. The van der Waals surface area contributed by atoms with Crippen molar-refractivity contribution < 1.29 is 13.9 Å². The minimum atomic E-state index is -0.321. The summed E-state index contributed by atoms with van der Waals surface area (Å²) in [6, 6.07) is 7.35. The van der Waals surface area contributed by atoms with Gasteiger partial charge < -0.3 is 15.4 Å². The molecule has 1 fully saturated rings. The number of anilines is 2. The maximum absolute atomic E-state index is 12.9. The van der Waals surface area contributed by atoms with E-state index in [1.807, 2.05) is 0 Å². The van der Waals surface area contributed by atoms with E-state index in [1.165, 1.54) is 18.3 Å². The first kappa shape index (κ1) is 15.4. The summed E-state index contributed by atoms with van der Waals surface area (Å²) in [6.07, 6.45) is 3.57. The van der Waals surface area contributed by atoms with Gasteiger partial charge >= 0.3 is 0 Å². The van der Waals surface area contributed by atoms with Crippen molar-refractivity contribution in [3.05, 3.63) is 48.0 Å². The highest BCUT2D eigenvalue weighted by molar-refractivity contribution is 5.92. The second-order valence-corrected chi connectivity index (χ2v) is 5.24. The van der Waals surface area contributed by atoms with E-state index in [-0.39, 0.29) is 29.5 Å². The molecule has 1 amide bonds. The van der Waals surface area contributed by atoms with Crippen LogP contribution in [0.15, 0.2) is 36.5 Å². The SMILES string of the molecule is O=C(NCC1CCCO1)c1ccnc(Nc2ccc(F)cc2)n1. The molecule has 1 aliphatic rings. The molecule has 0 bridgehead atoms. The van der Waals surface area contributed by atoms with Gasteiger partial charge in [0.15, 0.2) is 0 Å². The second-order valence-electron chi connectivity index (χ2n) is 5.24. The number of rotatable bonds is 5. The van der Waals surface area contributed by atoms with Crippen LogP contribution in [0.5, 0.6) is 0 Å². The van der Waals surface area contributed by atoms with Crippen LogP contribution < -0.4 is 10.6 Å². The summed E-state index contributed by atoms with van der Waals surface area (Å²) < 4.78 is 18.3. The molecular weight excluding hydrogens is 299 g/mol. The lowest BCUT2D eigenvalue weighted by molar-refractivity contribution is 0.0853. The number of hydrogen-bond acceptors (Lipinski definition) is 5. The highest BCUT2D eigenvalue weighted by atomic mass is 19.1. The van der Waals surface area contributed by atoms with E-state index < -0.39 is 0 Å². The van der Waals surface area contributed by atoms with Crippen molar-refractivity contribution >= 4 is 17.5 Å². The molecule has 2 heterocycles. The van der Waals surface area contributed by atoms with E-state index in [9.17, 15) is 9.18 Å². The van der Waals surface area contributed by atoms with E-state index in [2.05, 4.69) is 20.6 Å². The van der Waals surface area contributed by atoms with Crippen molar-refractivity contribution in [2.45, 2.75) is 18.9 Å². The molecule has 1 aromatic heterocycles. The van der Waals surface area contributed by atoms with Gasteiger partial charge in [0.05, 0.1) is 6.10 Å². The van der Waals surface area contributed by atoms with Crippen LogP contribution in [0, 0.1) is 5.82 Å².